The van der Waals surface area contributed by atoms with Crippen molar-refractivity contribution in [3.8, 4) is 5.75 Å². The molecule has 25 heavy (non-hydrogen) atoms. The van der Waals surface area contributed by atoms with Crippen LogP contribution in [0, 0.1) is 0 Å². The van der Waals surface area contributed by atoms with Gasteiger partial charge in [0.05, 0.1) is 18.5 Å². The highest BCUT2D eigenvalue weighted by Crippen LogP contribution is 2.29. The first-order valence-electron chi connectivity index (χ1n) is 7.60. The van der Waals surface area contributed by atoms with E-state index in [1.807, 2.05) is 0 Å². The summed E-state index contributed by atoms with van der Waals surface area (Å²) in [5.41, 5.74) is 1.13. The van der Waals surface area contributed by atoms with Gasteiger partial charge in [0.25, 0.3) is 5.91 Å². The Hall–Kier alpha value is -2.86. The van der Waals surface area contributed by atoms with E-state index in [4.69, 9.17) is 16.3 Å². The van der Waals surface area contributed by atoms with Gasteiger partial charge in [0.1, 0.15) is 5.75 Å². The Morgan fingerprint density at radius 2 is 1.84 bits per heavy atom. The lowest BCUT2D eigenvalue weighted by molar-refractivity contribution is -0.121. The van der Waals surface area contributed by atoms with Crippen molar-refractivity contribution in [2.24, 2.45) is 0 Å². The van der Waals surface area contributed by atoms with Gasteiger partial charge >= 0.3 is 0 Å². The van der Waals surface area contributed by atoms with Crippen LogP contribution in [0.1, 0.15) is 23.2 Å². The first-order chi connectivity index (χ1) is 12.0. The average Bonchev–Trinajstić information content (AvgIpc) is 2.94. The number of amides is 3. The van der Waals surface area contributed by atoms with Crippen molar-refractivity contribution in [2.75, 3.05) is 17.3 Å². The largest absolute Gasteiger partial charge is 0.495 e. The number of rotatable bonds is 4. The van der Waals surface area contributed by atoms with Gasteiger partial charge < -0.3 is 10.1 Å². The number of anilines is 2. The van der Waals surface area contributed by atoms with Crippen molar-refractivity contribution < 1.29 is 19.1 Å². The molecule has 0 aliphatic carbocycles. The molecule has 0 saturated carbocycles. The highest BCUT2D eigenvalue weighted by molar-refractivity contribution is 6.31. The van der Waals surface area contributed by atoms with Crippen LogP contribution in [0.3, 0.4) is 0 Å². The highest BCUT2D eigenvalue weighted by Gasteiger charge is 2.30. The summed E-state index contributed by atoms with van der Waals surface area (Å²) < 4.78 is 5.20. The van der Waals surface area contributed by atoms with Crippen LogP contribution < -0.4 is 15.0 Å². The molecule has 0 spiro atoms. The Kier molecular flexibility index (Phi) is 4.72. The van der Waals surface area contributed by atoms with Gasteiger partial charge in [-0.2, -0.15) is 0 Å². The summed E-state index contributed by atoms with van der Waals surface area (Å²) in [5.74, 6) is -0.460. The number of nitrogens with zero attached hydrogens (tertiary/aromatic N) is 1. The number of halogens is 1. The standard InChI is InChI=1S/C18H15ClN2O4/c1-25-15-6-5-12(19)10-14(15)20-18(24)11-3-2-4-13(9-11)21-16(22)7-8-17(21)23/h2-6,9-10H,7-8H2,1H3,(H,20,24). The van der Waals surface area contributed by atoms with Crippen LogP contribution in [-0.2, 0) is 9.59 Å². The van der Waals surface area contributed by atoms with E-state index in [2.05, 4.69) is 5.32 Å². The lowest BCUT2D eigenvalue weighted by Gasteiger charge is -2.15. The van der Waals surface area contributed by atoms with Crippen LogP contribution in [0.15, 0.2) is 42.5 Å². The maximum absolute atomic E-state index is 12.5. The minimum atomic E-state index is -0.401. The minimum Gasteiger partial charge on any atom is -0.495 e. The molecular formula is C18H15ClN2O4. The molecule has 1 N–H and O–H groups in total. The number of hydrogen-bond donors (Lipinski definition) is 1. The molecule has 0 aromatic heterocycles. The van der Waals surface area contributed by atoms with Crippen molar-refractivity contribution in [1.29, 1.82) is 0 Å². The summed E-state index contributed by atoms with van der Waals surface area (Å²) in [7, 11) is 1.49. The molecule has 0 bridgehead atoms. The summed E-state index contributed by atoms with van der Waals surface area (Å²) in [6.45, 7) is 0. The molecule has 0 radical (unpaired) electrons. The van der Waals surface area contributed by atoms with E-state index in [9.17, 15) is 14.4 Å². The van der Waals surface area contributed by atoms with Crippen LogP contribution in [0.2, 0.25) is 5.02 Å². The molecule has 0 unspecified atom stereocenters. The normalized spacial score (nSPS) is 13.9. The molecule has 3 rings (SSSR count). The number of imide groups is 1. The number of carbonyl (C=O) groups is 3. The minimum absolute atomic E-state index is 0.189. The Morgan fingerprint density at radius 1 is 1.12 bits per heavy atom. The second-order valence-electron chi connectivity index (χ2n) is 5.47. The number of carbonyl (C=O) groups excluding carboxylic acids is 3. The fourth-order valence-corrected chi connectivity index (χ4v) is 2.80. The summed E-state index contributed by atoms with van der Waals surface area (Å²) in [5, 5.41) is 3.18. The molecule has 1 aliphatic rings. The summed E-state index contributed by atoms with van der Waals surface area (Å²) in [4.78, 5) is 37.3. The third-order valence-electron chi connectivity index (χ3n) is 3.83. The highest BCUT2D eigenvalue weighted by atomic mass is 35.5. The zero-order valence-corrected chi connectivity index (χ0v) is 14.2. The Morgan fingerprint density at radius 3 is 2.52 bits per heavy atom. The van der Waals surface area contributed by atoms with E-state index in [0.717, 1.165) is 4.90 Å². The van der Waals surface area contributed by atoms with Crippen LogP contribution >= 0.6 is 11.6 Å². The second-order valence-corrected chi connectivity index (χ2v) is 5.91. The van der Waals surface area contributed by atoms with Gasteiger partial charge in [0, 0.05) is 23.4 Å². The van der Waals surface area contributed by atoms with E-state index in [1.54, 1.807) is 36.4 Å². The van der Waals surface area contributed by atoms with Gasteiger partial charge in [-0.25, -0.2) is 0 Å². The van der Waals surface area contributed by atoms with Crippen LogP contribution in [0.25, 0.3) is 0 Å². The lowest BCUT2D eigenvalue weighted by Crippen LogP contribution is -2.28. The summed E-state index contributed by atoms with van der Waals surface area (Å²) in [6.07, 6.45) is 0.379. The van der Waals surface area contributed by atoms with E-state index in [1.165, 1.54) is 13.2 Å². The quantitative estimate of drug-likeness (QED) is 0.851. The Balaban J connectivity index is 1.86. The maximum Gasteiger partial charge on any atom is 0.255 e. The molecule has 2 aromatic carbocycles. The zero-order chi connectivity index (χ0) is 18.0. The predicted molar refractivity (Wildman–Crippen MR) is 94.1 cm³/mol. The third kappa shape index (κ3) is 3.49. The molecule has 128 valence electrons. The van der Waals surface area contributed by atoms with Crippen molar-refractivity contribution in [3.05, 3.63) is 53.1 Å². The first kappa shape index (κ1) is 17.0. The molecular weight excluding hydrogens is 344 g/mol. The molecule has 1 saturated heterocycles. The number of ether oxygens (including phenoxy) is 1. The fourth-order valence-electron chi connectivity index (χ4n) is 2.62. The number of hydrogen-bond acceptors (Lipinski definition) is 4. The number of benzene rings is 2. The van der Waals surface area contributed by atoms with Crippen LogP contribution in [0.5, 0.6) is 5.75 Å². The molecule has 1 heterocycles. The van der Waals surface area contributed by atoms with Crippen LogP contribution in [0.4, 0.5) is 11.4 Å². The van der Waals surface area contributed by atoms with E-state index in [0.29, 0.717) is 27.7 Å². The smallest absolute Gasteiger partial charge is 0.255 e. The lowest BCUT2D eigenvalue weighted by atomic mass is 10.1. The third-order valence-corrected chi connectivity index (χ3v) is 4.06. The molecule has 1 fully saturated rings. The second kappa shape index (κ2) is 6.94. The van der Waals surface area contributed by atoms with E-state index in [-0.39, 0.29) is 24.7 Å². The summed E-state index contributed by atoms with van der Waals surface area (Å²) >= 11 is 5.96. The van der Waals surface area contributed by atoms with Gasteiger partial charge in [-0.3, -0.25) is 19.3 Å². The summed E-state index contributed by atoms with van der Waals surface area (Å²) in [6, 6.07) is 11.2. The average molecular weight is 359 g/mol. The van der Waals surface area contributed by atoms with Gasteiger partial charge in [0.2, 0.25) is 11.8 Å². The van der Waals surface area contributed by atoms with Crippen molar-refractivity contribution >= 4 is 40.7 Å². The topological polar surface area (TPSA) is 75.7 Å². The zero-order valence-electron chi connectivity index (χ0n) is 13.4. The van der Waals surface area contributed by atoms with E-state index < -0.39 is 5.91 Å². The van der Waals surface area contributed by atoms with Gasteiger partial charge in [-0.1, -0.05) is 17.7 Å². The first-order valence-corrected chi connectivity index (χ1v) is 7.98. The van der Waals surface area contributed by atoms with Crippen LogP contribution in [-0.4, -0.2) is 24.8 Å². The van der Waals surface area contributed by atoms with Crippen molar-refractivity contribution in [1.82, 2.24) is 0 Å². The molecule has 6 nitrogen and oxygen atoms in total. The fraction of sp³-hybridized carbons (Fsp3) is 0.167. The van der Waals surface area contributed by atoms with Crippen molar-refractivity contribution in [3.63, 3.8) is 0 Å². The van der Waals surface area contributed by atoms with Gasteiger partial charge in [0.15, 0.2) is 0 Å². The molecule has 1 aliphatic heterocycles. The molecule has 3 amide bonds. The molecule has 2 aromatic rings. The molecule has 7 heteroatoms. The SMILES string of the molecule is COc1ccc(Cl)cc1NC(=O)c1cccc(N2C(=O)CCC2=O)c1. The predicted octanol–water partition coefficient (Wildman–Crippen LogP) is 3.25. The van der Waals surface area contributed by atoms with Gasteiger partial charge in [-0.15, -0.1) is 0 Å². The maximum atomic E-state index is 12.5. The number of methoxy groups -OCH3 is 1. The Bertz CT molecular complexity index is 850. The molecule has 0 atom stereocenters. The van der Waals surface area contributed by atoms with E-state index >= 15 is 0 Å². The Labute approximate surface area is 149 Å². The number of nitrogens with one attached hydrogen (secondary N) is 1. The van der Waals surface area contributed by atoms with Gasteiger partial charge in [-0.05, 0) is 36.4 Å². The van der Waals surface area contributed by atoms with Crippen molar-refractivity contribution in [2.45, 2.75) is 12.8 Å². The monoisotopic (exact) mass is 358 g/mol.